The van der Waals surface area contributed by atoms with Crippen LogP contribution in [-0.2, 0) is 19.6 Å². The number of anilines is 1. The van der Waals surface area contributed by atoms with E-state index in [4.69, 9.17) is 4.74 Å². The maximum Gasteiger partial charge on any atom is 0.250 e. The van der Waals surface area contributed by atoms with Crippen molar-refractivity contribution in [1.29, 1.82) is 0 Å². The van der Waals surface area contributed by atoms with Crippen LogP contribution in [0.2, 0.25) is 0 Å². The Bertz CT molecular complexity index is 1150. The van der Waals surface area contributed by atoms with Gasteiger partial charge in [0.15, 0.2) is 5.13 Å². The van der Waals surface area contributed by atoms with Crippen LogP contribution in [0.15, 0.2) is 59.5 Å². The van der Waals surface area contributed by atoms with Gasteiger partial charge in [0.25, 0.3) is 0 Å². The number of rotatable bonds is 5. The van der Waals surface area contributed by atoms with Gasteiger partial charge in [-0.15, -0.1) is 0 Å². The molecule has 0 radical (unpaired) electrons. The topological polar surface area (TPSA) is 88.6 Å². The lowest BCUT2D eigenvalue weighted by molar-refractivity contribution is -0.111. The summed E-state index contributed by atoms with van der Waals surface area (Å²) in [6, 6.07) is 14.3. The molecule has 7 nitrogen and oxygen atoms in total. The van der Waals surface area contributed by atoms with Crippen molar-refractivity contribution in [3.8, 4) is 0 Å². The molecule has 0 atom stereocenters. The number of fused-ring (bicyclic) bond motifs is 1. The Balaban J connectivity index is 1.51. The number of sulfonamides is 1. The molecule has 0 unspecified atom stereocenters. The molecule has 2 heterocycles. The fourth-order valence-corrected chi connectivity index (χ4v) is 5.36. The molecule has 1 amide bonds. The van der Waals surface area contributed by atoms with Gasteiger partial charge < -0.3 is 4.74 Å². The maximum atomic E-state index is 12.8. The normalized spacial score (nSPS) is 15.7. The van der Waals surface area contributed by atoms with Crippen molar-refractivity contribution in [1.82, 2.24) is 9.29 Å². The summed E-state index contributed by atoms with van der Waals surface area (Å²) in [6.07, 6.45) is 3.16. The predicted octanol–water partition coefficient (Wildman–Crippen LogP) is 2.97. The van der Waals surface area contributed by atoms with Gasteiger partial charge in [0.05, 0.1) is 28.3 Å². The molecule has 0 saturated carbocycles. The minimum atomic E-state index is -3.57. The second kappa shape index (κ2) is 8.42. The first kappa shape index (κ1) is 19.7. The van der Waals surface area contributed by atoms with E-state index < -0.39 is 10.0 Å². The largest absolute Gasteiger partial charge is 0.379 e. The van der Waals surface area contributed by atoms with E-state index in [2.05, 4.69) is 10.3 Å². The van der Waals surface area contributed by atoms with Gasteiger partial charge in [-0.2, -0.15) is 4.31 Å². The maximum absolute atomic E-state index is 12.8. The van der Waals surface area contributed by atoms with Crippen molar-refractivity contribution in [3.05, 3.63) is 60.2 Å². The summed E-state index contributed by atoms with van der Waals surface area (Å²) in [5, 5.41) is 3.15. The van der Waals surface area contributed by atoms with Crippen LogP contribution in [0.25, 0.3) is 16.3 Å². The Morgan fingerprint density at radius 2 is 1.90 bits per heavy atom. The molecule has 9 heteroatoms. The van der Waals surface area contributed by atoms with Crippen molar-refractivity contribution in [2.75, 3.05) is 31.6 Å². The Morgan fingerprint density at radius 3 is 2.66 bits per heavy atom. The molecule has 1 saturated heterocycles. The van der Waals surface area contributed by atoms with Crippen molar-refractivity contribution in [2.24, 2.45) is 0 Å². The number of benzene rings is 2. The molecule has 1 aliphatic rings. The number of nitrogens with one attached hydrogen (secondary N) is 1. The molecule has 0 aliphatic carbocycles. The fraction of sp³-hybridized carbons (Fsp3) is 0.200. The van der Waals surface area contributed by atoms with Crippen LogP contribution in [0.1, 0.15) is 5.56 Å². The van der Waals surface area contributed by atoms with Gasteiger partial charge in [-0.05, 0) is 29.8 Å². The molecular weight excluding hydrogens is 410 g/mol. The van der Waals surface area contributed by atoms with Crippen molar-refractivity contribution < 1.29 is 17.9 Å². The van der Waals surface area contributed by atoms with Crippen molar-refractivity contribution in [3.63, 3.8) is 0 Å². The highest BCUT2D eigenvalue weighted by Gasteiger charge is 2.26. The molecule has 0 spiro atoms. The van der Waals surface area contributed by atoms with E-state index in [1.807, 2.05) is 30.3 Å². The van der Waals surface area contributed by atoms with E-state index in [1.54, 1.807) is 24.3 Å². The highest BCUT2D eigenvalue weighted by atomic mass is 32.2. The van der Waals surface area contributed by atoms with Gasteiger partial charge in [-0.3, -0.25) is 10.1 Å². The van der Waals surface area contributed by atoms with Crippen LogP contribution in [0, 0.1) is 0 Å². The zero-order valence-electron chi connectivity index (χ0n) is 15.4. The average Bonchev–Trinajstić information content (AvgIpc) is 3.15. The minimum absolute atomic E-state index is 0.220. The number of ether oxygens (including phenoxy) is 1. The summed E-state index contributed by atoms with van der Waals surface area (Å²) in [5.74, 6) is -0.297. The summed E-state index contributed by atoms with van der Waals surface area (Å²) in [5.41, 5.74) is 1.56. The first-order chi connectivity index (χ1) is 14.0. The van der Waals surface area contributed by atoms with Gasteiger partial charge in [0.2, 0.25) is 15.9 Å². The molecule has 2 aromatic carbocycles. The van der Waals surface area contributed by atoms with Gasteiger partial charge >= 0.3 is 0 Å². The number of hydrogen-bond acceptors (Lipinski definition) is 6. The Hall–Kier alpha value is -2.59. The first-order valence-electron chi connectivity index (χ1n) is 9.05. The molecule has 4 rings (SSSR count). The lowest BCUT2D eigenvalue weighted by Crippen LogP contribution is -2.40. The lowest BCUT2D eigenvalue weighted by atomic mass is 10.2. The third-order valence-electron chi connectivity index (χ3n) is 4.42. The standard InChI is InChI=1S/C20H19N3O4S2/c24-19(9-6-15-4-2-1-3-5-15)22-20-21-17-8-7-16(14-18(17)28-20)29(25,26)23-10-12-27-13-11-23/h1-9,14H,10-13H2,(H,21,22,24). The molecule has 1 fully saturated rings. The smallest absolute Gasteiger partial charge is 0.250 e. The zero-order chi connectivity index (χ0) is 20.3. The molecule has 1 N–H and O–H groups in total. The highest BCUT2D eigenvalue weighted by Crippen LogP contribution is 2.29. The average molecular weight is 430 g/mol. The van der Waals surface area contributed by atoms with E-state index in [9.17, 15) is 13.2 Å². The van der Waals surface area contributed by atoms with E-state index >= 15 is 0 Å². The fourth-order valence-electron chi connectivity index (χ4n) is 2.94. The van der Waals surface area contributed by atoms with Crippen molar-refractivity contribution >= 4 is 48.7 Å². The number of hydrogen-bond donors (Lipinski definition) is 1. The van der Waals surface area contributed by atoms with Gasteiger partial charge in [-0.25, -0.2) is 13.4 Å². The molecule has 150 valence electrons. The van der Waals surface area contributed by atoms with Crippen LogP contribution in [-0.4, -0.2) is 49.9 Å². The number of thiazole rings is 1. The van der Waals surface area contributed by atoms with Gasteiger partial charge in [0, 0.05) is 19.2 Å². The van der Waals surface area contributed by atoms with Gasteiger partial charge in [-0.1, -0.05) is 41.7 Å². The summed E-state index contributed by atoms with van der Waals surface area (Å²) < 4.78 is 33.0. The number of nitrogens with zero attached hydrogens (tertiary/aromatic N) is 2. The van der Waals surface area contributed by atoms with Gasteiger partial charge in [0.1, 0.15) is 0 Å². The summed E-state index contributed by atoms with van der Waals surface area (Å²) >= 11 is 1.24. The number of carbonyl (C=O) groups is 1. The Morgan fingerprint density at radius 1 is 1.14 bits per heavy atom. The molecular formula is C20H19N3O4S2. The van der Waals surface area contributed by atoms with Crippen LogP contribution in [0.4, 0.5) is 5.13 Å². The quantitative estimate of drug-likeness (QED) is 0.630. The summed E-state index contributed by atoms with van der Waals surface area (Å²) in [6.45, 7) is 1.49. The Kier molecular flexibility index (Phi) is 5.72. The lowest BCUT2D eigenvalue weighted by Gasteiger charge is -2.25. The zero-order valence-corrected chi connectivity index (χ0v) is 17.1. The van der Waals surface area contributed by atoms with Crippen LogP contribution < -0.4 is 5.32 Å². The number of aromatic nitrogens is 1. The second-order valence-electron chi connectivity index (χ2n) is 6.40. The highest BCUT2D eigenvalue weighted by molar-refractivity contribution is 7.89. The van der Waals surface area contributed by atoms with Crippen LogP contribution in [0.5, 0.6) is 0 Å². The Labute approximate surface area is 172 Å². The first-order valence-corrected chi connectivity index (χ1v) is 11.3. The molecule has 29 heavy (non-hydrogen) atoms. The summed E-state index contributed by atoms with van der Waals surface area (Å²) in [4.78, 5) is 16.7. The third-order valence-corrected chi connectivity index (χ3v) is 7.25. The van der Waals surface area contributed by atoms with Crippen molar-refractivity contribution in [2.45, 2.75) is 4.90 Å². The number of carbonyl (C=O) groups excluding carboxylic acids is 1. The van der Waals surface area contributed by atoms with Crippen LogP contribution >= 0.6 is 11.3 Å². The monoisotopic (exact) mass is 429 g/mol. The minimum Gasteiger partial charge on any atom is -0.379 e. The molecule has 0 bridgehead atoms. The van der Waals surface area contributed by atoms with E-state index in [1.165, 1.54) is 21.7 Å². The number of morpholine rings is 1. The number of amides is 1. The predicted molar refractivity (Wildman–Crippen MR) is 113 cm³/mol. The van der Waals surface area contributed by atoms with E-state index in [0.29, 0.717) is 41.7 Å². The SMILES string of the molecule is O=C(C=Cc1ccccc1)Nc1nc2ccc(S(=O)(=O)N3CCOCC3)cc2s1. The molecule has 1 aliphatic heterocycles. The second-order valence-corrected chi connectivity index (χ2v) is 9.37. The third kappa shape index (κ3) is 4.54. The molecule has 1 aromatic heterocycles. The van der Waals surface area contributed by atoms with E-state index in [-0.39, 0.29) is 10.8 Å². The molecule has 3 aromatic rings. The summed E-state index contributed by atoms with van der Waals surface area (Å²) in [7, 11) is -3.57. The van der Waals surface area contributed by atoms with Crippen LogP contribution in [0.3, 0.4) is 0 Å². The van der Waals surface area contributed by atoms with E-state index in [0.717, 1.165) is 5.56 Å².